The fourth-order valence-electron chi connectivity index (χ4n) is 0.661. The van der Waals surface area contributed by atoms with Crippen molar-refractivity contribution in [2.45, 2.75) is 6.61 Å². The maximum absolute atomic E-state index is 8.41. The monoisotopic (exact) mass is 149 g/mol. The van der Waals surface area contributed by atoms with Crippen molar-refractivity contribution in [3.63, 3.8) is 0 Å². The second-order valence-corrected chi connectivity index (χ2v) is 1.96. The summed E-state index contributed by atoms with van der Waals surface area (Å²) in [5.74, 6) is 4.83. The van der Waals surface area contributed by atoms with Crippen LogP contribution in [-0.4, -0.2) is 4.98 Å². The third-order valence-corrected chi connectivity index (χ3v) is 1.19. The fourth-order valence-corrected chi connectivity index (χ4v) is 0.661. The Morgan fingerprint density at radius 2 is 2.45 bits per heavy atom. The van der Waals surface area contributed by atoms with E-state index in [0.29, 0.717) is 11.3 Å². The second kappa shape index (κ2) is 3.66. The average molecular weight is 149 g/mol. The lowest BCUT2D eigenvalue weighted by atomic mass is 10.3. The third kappa shape index (κ3) is 2.00. The Kier molecular flexibility index (Phi) is 2.55. The van der Waals surface area contributed by atoms with Gasteiger partial charge in [0.15, 0.2) is 0 Å². The molecule has 4 nitrogen and oxygen atoms in total. The summed E-state index contributed by atoms with van der Waals surface area (Å²) < 4.78 is 0. The molecule has 2 N–H and O–H groups in total. The molecule has 0 aliphatic heterocycles. The fraction of sp³-hybridized carbons (Fsp3) is 0.143. The SMILES string of the molecule is N#Cc1ccc(CON)nc1. The van der Waals surface area contributed by atoms with Gasteiger partial charge in [-0.25, -0.2) is 5.90 Å². The number of nitriles is 1. The number of hydrogen-bond acceptors (Lipinski definition) is 4. The largest absolute Gasteiger partial charge is 0.298 e. The van der Waals surface area contributed by atoms with Crippen molar-refractivity contribution in [3.05, 3.63) is 29.6 Å². The molecular formula is C7H7N3O. The highest BCUT2D eigenvalue weighted by Crippen LogP contribution is 1.98. The van der Waals surface area contributed by atoms with E-state index in [1.54, 1.807) is 12.1 Å². The Bertz CT molecular complexity index is 262. The van der Waals surface area contributed by atoms with Crippen LogP contribution in [0.3, 0.4) is 0 Å². The lowest BCUT2D eigenvalue weighted by molar-refractivity contribution is 0.121. The lowest BCUT2D eigenvalue weighted by Crippen LogP contribution is -2.00. The van der Waals surface area contributed by atoms with Crippen molar-refractivity contribution < 1.29 is 4.84 Å². The predicted molar refractivity (Wildman–Crippen MR) is 37.9 cm³/mol. The molecule has 0 fully saturated rings. The highest BCUT2D eigenvalue weighted by molar-refractivity contribution is 5.25. The van der Waals surface area contributed by atoms with Crippen LogP contribution in [0, 0.1) is 11.3 Å². The van der Waals surface area contributed by atoms with E-state index in [2.05, 4.69) is 9.82 Å². The van der Waals surface area contributed by atoms with E-state index in [1.165, 1.54) is 6.20 Å². The molecule has 0 atom stereocenters. The van der Waals surface area contributed by atoms with Gasteiger partial charge >= 0.3 is 0 Å². The Labute approximate surface area is 64.2 Å². The number of nitrogens with two attached hydrogens (primary N) is 1. The Hall–Kier alpha value is -1.44. The van der Waals surface area contributed by atoms with E-state index < -0.39 is 0 Å². The minimum Gasteiger partial charge on any atom is -0.298 e. The summed E-state index contributed by atoms with van der Waals surface area (Å²) in [5.41, 5.74) is 1.25. The number of pyridine rings is 1. The quantitative estimate of drug-likeness (QED) is 0.615. The van der Waals surface area contributed by atoms with Gasteiger partial charge in [0.1, 0.15) is 12.7 Å². The molecule has 1 rings (SSSR count). The third-order valence-electron chi connectivity index (χ3n) is 1.19. The zero-order chi connectivity index (χ0) is 8.10. The number of aromatic nitrogens is 1. The van der Waals surface area contributed by atoms with Gasteiger partial charge in [0.25, 0.3) is 0 Å². The number of hydrogen-bond donors (Lipinski definition) is 1. The van der Waals surface area contributed by atoms with E-state index in [4.69, 9.17) is 11.2 Å². The zero-order valence-corrected chi connectivity index (χ0v) is 5.82. The van der Waals surface area contributed by atoms with E-state index >= 15 is 0 Å². The summed E-state index contributed by atoms with van der Waals surface area (Å²) in [6.07, 6.45) is 1.48. The van der Waals surface area contributed by atoms with Gasteiger partial charge in [-0.3, -0.25) is 9.82 Å². The zero-order valence-electron chi connectivity index (χ0n) is 5.82. The first-order chi connectivity index (χ1) is 5.36. The van der Waals surface area contributed by atoms with Crippen LogP contribution in [0.15, 0.2) is 18.3 Å². The molecule has 0 amide bonds. The normalized spacial score (nSPS) is 9.09. The van der Waals surface area contributed by atoms with Crippen molar-refractivity contribution in [2.75, 3.05) is 0 Å². The molecule has 0 radical (unpaired) electrons. The first-order valence-electron chi connectivity index (χ1n) is 3.03. The van der Waals surface area contributed by atoms with Crippen molar-refractivity contribution >= 4 is 0 Å². The summed E-state index contributed by atoms with van der Waals surface area (Å²) >= 11 is 0. The Morgan fingerprint density at radius 3 is 2.91 bits per heavy atom. The molecule has 11 heavy (non-hydrogen) atoms. The minimum absolute atomic E-state index is 0.270. The molecule has 1 heterocycles. The summed E-state index contributed by atoms with van der Waals surface area (Å²) in [6, 6.07) is 5.33. The van der Waals surface area contributed by atoms with Gasteiger partial charge in [-0.05, 0) is 12.1 Å². The van der Waals surface area contributed by atoms with Gasteiger partial charge in [-0.2, -0.15) is 5.26 Å². The first-order valence-corrected chi connectivity index (χ1v) is 3.03. The summed E-state index contributed by atoms with van der Waals surface area (Å²) in [5, 5.41) is 8.41. The van der Waals surface area contributed by atoms with Crippen LogP contribution in [0.4, 0.5) is 0 Å². The van der Waals surface area contributed by atoms with Crippen molar-refractivity contribution in [1.82, 2.24) is 4.98 Å². The van der Waals surface area contributed by atoms with Crippen LogP contribution < -0.4 is 5.90 Å². The standard InChI is InChI=1S/C7H7N3O/c8-3-6-1-2-7(5-11-9)10-4-6/h1-2,4H,5,9H2. The maximum Gasteiger partial charge on any atom is 0.110 e. The van der Waals surface area contributed by atoms with E-state index in [9.17, 15) is 0 Å². The van der Waals surface area contributed by atoms with Crippen LogP contribution in [0.25, 0.3) is 0 Å². The highest BCUT2D eigenvalue weighted by atomic mass is 16.6. The van der Waals surface area contributed by atoms with Gasteiger partial charge in [-0.1, -0.05) is 0 Å². The minimum atomic E-state index is 0.270. The molecule has 0 saturated carbocycles. The summed E-state index contributed by atoms with van der Waals surface area (Å²) in [4.78, 5) is 8.27. The smallest absolute Gasteiger partial charge is 0.110 e. The molecule has 0 aliphatic rings. The lowest BCUT2D eigenvalue weighted by Gasteiger charge is -1.95. The molecule has 56 valence electrons. The second-order valence-electron chi connectivity index (χ2n) is 1.96. The number of rotatable bonds is 2. The van der Waals surface area contributed by atoms with Gasteiger partial charge in [0.05, 0.1) is 11.3 Å². The summed E-state index contributed by atoms with van der Waals surface area (Å²) in [7, 11) is 0. The number of nitrogens with zero attached hydrogens (tertiary/aromatic N) is 2. The average Bonchev–Trinajstić information content (AvgIpc) is 2.07. The molecule has 0 aromatic carbocycles. The highest BCUT2D eigenvalue weighted by Gasteiger charge is 1.93. The Balaban J connectivity index is 2.76. The van der Waals surface area contributed by atoms with Gasteiger partial charge in [0, 0.05) is 6.20 Å². The maximum atomic E-state index is 8.41. The first kappa shape index (κ1) is 7.66. The molecule has 0 saturated heterocycles. The molecule has 0 unspecified atom stereocenters. The van der Waals surface area contributed by atoms with Gasteiger partial charge in [-0.15, -0.1) is 0 Å². The molecule has 4 heteroatoms. The topological polar surface area (TPSA) is 71.9 Å². The molecule has 0 bridgehead atoms. The molecule has 1 aromatic heterocycles. The summed E-state index contributed by atoms with van der Waals surface area (Å²) in [6.45, 7) is 0.270. The van der Waals surface area contributed by atoms with E-state index in [1.807, 2.05) is 6.07 Å². The van der Waals surface area contributed by atoms with Crippen LogP contribution in [0.5, 0.6) is 0 Å². The van der Waals surface area contributed by atoms with Crippen LogP contribution in [0.1, 0.15) is 11.3 Å². The van der Waals surface area contributed by atoms with Crippen molar-refractivity contribution in [1.29, 1.82) is 5.26 Å². The van der Waals surface area contributed by atoms with Crippen molar-refractivity contribution in [2.24, 2.45) is 5.90 Å². The molecular weight excluding hydrogens is 142 g/mol. The molecule has 0 aliphatic carbocycles. The van der Waals surface area contributed by atoms with Gasteiger partial charge in [0.2, 0.25) is 0 Å². The van der Waals surface area contributed by atoms with Crippen molar-refractivity contribution in [3.8, 4) is 6.07 Å². The van der Waals surface area contributed by atoms with E-state index in [-0.39, 0.29) is 6.61 Å². The van der Waals surface area contributed by atoms with Gasteiger partial charge < -0.3 is 0 Å². The van der Waals surface area contributed by atoms with E-state index in [0.717, 1.165) is 0 Å². The molecule has 0 spiro atoms. The Morgan fingerprint density at radius 1 is 1.64 bits per heavy atom. The van der Waals surface area contributed by atoms with Crippen LogP contribution >= 0.6 is 0 Å². The predicted octanol–water partition coefficient (Wildman–Crippen LogP) is 0.344. The van der Waals surface area contributed by atoms with Crippen LogP contribution in [0.2, 0.25) is 0 Å². The van der Waals surface area contributed by atoms with Crippen LogP contribution in [-0.2, 0) is 11.4 Å². The molecule has 1 aromatic rings.